The molecule has 17 heteroatoms. The highest BCUT2D eigenvalue weighted by Crippen LogP contribution is 2.33. The van der Waals surface area contributed by atoms with Gasteiger partial charge in [0.2, 0.25) is 15.9 Å². The number of amides is 1. The van der Waals surface area contributed by atoms with E-state index in [1.54, 1.807) is 18.2 Å². The number of carbonyl (C=O) groups is 2. The van der Waals surface area contributed by atoms with Gasteiger partial charge in [-0.25, -0.2) is 22.6 Å². The first kappa shape index (κ1) is 40.4. The minimum Gasteiger partial charge on any atom is -0.487 e. The lowest BCUT2D eigenvalue weighted by atomic mass is 10.1. The minimum absolute atomic E-state index is 0.102. The first-order valence-corrected chi connectivity index (χ1v) is 17.1. The largest absolute Gasteiger partial charge is 0.490 e. The molecule has 0 unspecified atom stereocenters. The van der Waals surface area contributed by atoms with E-state index in [-0.39, 0.29) is 32.9 Å². The number of ether oxygens (including phenoxy) is 1. The number of nitrogens with one attached hydrogen (secondary N) is 3. The van der Waals surface area contributed by atoms with Gasteiger partial charge in [0.05, 0.1) is 5.02 Å². The maximum atomic E-state index is 13.4. The summed E-state index contributed by atoms with van der Waals surface area (Å²) in [6.07, 6.45) is -4.48. The fraction of sp³-hybridized carbons (Fsp3) is 0.303. The van der Waals surface area contributed by atoms with Gasteiger partial charge in [0, 0.05) is 34.8 Å². The lowest BCUT2D eigenvalue weighted by molar-refractivity contribution is -0.192. The highest BCUT2D eigenvalue weighted by atomic mass is 35.5. The predicted molar refractivity (Wildman–Crippen MR) is 181 cm³/mol. The van der Waals surface area contributed by atoms with Gasteiger partial charge in [-0.2, -0.15) is 17.9 Å². The van der Waals surface area contributed by atoms with Crippen LogP contribution in [0.4, 0.5) is 17.6 Å². The lowest BCUT2D eigenvalue weighted by Gasteiger charge is -2.25. The van der Waals surface area contributed by atoms with Gasteiger partial charge in [-0.05, 0) is 75.7 Å². The van der Waals surface area contributed by atoms with Crippen molar-refractivity contribution in [3.05, 3.63) is 99.4 Å². The van der Waals surface area contributed by atoms with Crippen LogP contribution >= 0.6 is 23.2 Å². The van der Waals surface area contributed by atoms with Crippen molar-refractivity contribution in [2.75, 3.05) is 13.1 Å². The van der Waals surface area contributed by atoms with Crippen molar-refractivity contribution in [2.45, 2.75) is 57.0 Å². The fourth-order valence-electron chi connectivity index (χ4n) is 4.31. The molecule has 0 aliphatic rings. The molecule has 4 aromatic rings. The van der Waals surface area contributed by atoms with Crippen LogP contribution in [0.15, 0.2) is 71.6 Å². The number of sulfonamides is 1. The molecule has 0 radical (unpaired) electrons. The highest BCUT2D eigenvalue weighted by Gasteiger charge is 2.38. The first-order valence-electron chi connectivity index (χ1n) is 14.9. The Balaban J connectivity index is 0.000000872. The van der Waals surface area contributed by atoms with Crippen molar-refractivity contribution < 1.29 is 45.4 Å². The molecule has 10 nitrogen and oxygen atoms in total. The van der Waals surface area contributed by atoms with Crippen molar-refractivity contribution in [1.82, 2.24) is 20.3 Å². The molecule has 1 aromatic heterocycles. The number of pyridine rings is 1. The summed E-state index contributed by atoms with van der Waals surface area (Å²) in [5.74, 6) is -3.04. The number of hydrogen-bond acceptors (Lipinski definition) is 7. The zero-order valence-corrected chi connectivity index (χ0v) is 29.3. The number of carboxylic acids is 1. The molecule has 3 aromatic carbocycles. The van der Waals surface area contributed by atoms with Crippen LogP contribution in [0.1, 0.15) is 37.1 Å². The number of alkyl halides is 3. The van der Waals surface area contributed by atoms with Gasteiger partial charge in [0.25, 0.3) is 0 Å². The SMILES string of the molecule is Cc1ccc2cccc(OCc3c(Cl)ccc(S(=O)(=O)NC(C)(C)C(=O)NCCCNCc4ccc(F)cc4)c3Cl)c2n1.O=C(O)C(F)(F)F. The van der Waals surface area contributed by atoms with Crippen molar-refractivity contribution in [3.8, 4) is 5.75 Å². The third kappa shape index (κ3) is 11.5. The molecule has 0 saturated carbocycles. The highest BCUT2D eigenvalue weighted by molar-refractivity contribution is 7.89. The molecule has 4 rings (SSSR count). The maximum Gasteiger partial charge on any atom is 0.490 e. The zero-order chi connectivity index (χ0) is 37.3. The summed E-state index contributed by atoms with van der Waals surface area (Å²) in [5, 5.41) is 14.1. The number of nitrogens with zero attached hydrogens (tertiary/aromatic N) is 1. The molecule has 50 heavy (non-hydrogen) atoms. The first-order chi connectivity index (χ1) is 23.3. The van der Waals surface area contributed by atoms with Crippen molar-refractivity contribution in [1.29, 1.82) is 0 Å². The summed E-state index contributed by atoms with van der Waals surface area (Å²) in [6.45, 7) is 6.20. The average molecular weight is 762 g/mol. The second-order valence-corrected chi connectivity index (χ2v) is 13.8. The smallest absolute Gasteiger partial charge is 0.487 e. The van der Waals surface area contributed by atoms with Crippen LogP contribution in [-0.2, 0) is 32.8 Å². The van der Waals surface area contributed by atoms with Crippen molar-refractivity contribution in [2.24, 2.45) is 0 Å². The number of halogens is 6. The molecular formula is C33H34Cl2F4N4O6S. The van der Waals surface area contributed by atoms with Gasteiger partial charge >= 0.3 is 12.1 Å². The van der Waals surface area contributed by atoms with Crippen LogP contribution in [0.25, 0.3) is 10.9 Å². The number of para-hydroxylation sites is 1. The van der Waals surface area contributed by atoms with E-state index in [1.807, 2.05) is 31.2 Å². The Morgan fingerprint density at radius 2 is 1.62 bits per heavy atom. The number of aliphatic carboxylic acids is 1. The number of carbonyl (C=O) groups excluding carboxylic acids is 1. The number of benzene rings is 3. The standard InChI is InChI=1S/C31H33Cl2FN4O4S.C2HF3O2/c1-20-8-11-22-6-4-7-26(29(22)37-20)42-19-24-25(32)14-15-27(28(24)33)43(40,41)38-31(2,3)30(39)36-17-5-16-35-18-21-9-12-23(34)13-10-21;3-2(4,5)1(6)7/h4,6-15,35,38H,5,16-19H2,1-3H3,(H,36,39);(H,6,7). The molecule has 0 aliphatic carbocycles. The van der Waals surface area contributed by atoms with E-state index >= 15 is 0 Å². The van der Waals surface area contributed by atoms with Gasteiger partial charge in [-0.3, -0.25) is 4.79 Å². The molecule has 4 N–H and O–H groups in total. The third-order valence-corrected chi connectivity index (χ3v) is 9.49. The number of fused-ring (bicyclic) bond motifs is 1. The number of carboxylic acid groups (broad SMARTS) is 1. The topological polar surface area (TPSA) is 147 Å². The van der Waals surface area contributed by atoms with E-state index in [0.717, 1.165) is 16.6 Å². The van der Waals surface area contributed by atoms with Crippen molar-refractivity contribution >= 4 is 56.0 Å². The van der Waals surface area contributed by atoms with E-state index < -0.39 is 33.6 Å². The minimum atomic E-state index is -5.08. The Morgan fingerprint density at radius 1 is 0.960 bits per heavy atom. The molecule has 0 saturated heterocycles. The second kappa shape index (κ2) is 17.3. The molecule has 0 fully saturated rings. The number of aromatic nitrogens is 1. The number of aryl methyl sites for hydroxylation is 1. The molecular weight excluding hydrogens is 727 g/mol. The van der Waals surface area contributed by atoms with Crippen LogP contribution in [0.5, 0.6) is 5.75 Å². The summed E-state index contributed by atoms with van der Waals surface area (Å²) in [6, 6.07) is 18.3. The van der Waals surface area contributed by atoms with Crippen LogP contribution in [-0.4, -0.2) is 55.2 Å². The molecule has 1 heterocycles. The van der Waals surface area contributed by atoms with Crippen molar-refractivity contribution in [3.63, 3.8) is 0 Å². The van der Waals surface area contributed by atoms with E-state index in [0.29, 0.717) is 37.3 Å². The molecule has 0 bridgehead atoms. The van der Waals surface area contributed by atoms with E-state index in [4.69, 9.17) is 37.8 Å². The maximum absolute atomic E-state index is 13.4. The van der Waals surface area contributed by atoms with Crippen LogP contribution in [0, 0.1) is 12.7 Å². The molecule has 1 amide bonds. The monoisotopic (exact) mass is 760 g/mol. The third-order valence-electron chi connectivity index (χ3n) is 6.89. The average Bonchev–Trinajstić information content (AvgIpc) is 3.02. The summed E-state index contributed by atoms with van der Waals surface area (Å²) in [4.78, 5) is 26.1. The van der Waals surface area contributed by atoms with Gasteiger partial charge in [-0.15, -0.1) is 0 Å². The fourth-order valence-corrected chi connectivity index (χ4v) is 6.57. The Morgan fingerprint density at radius 3 is 2.26 bits per heavy atom. The molecule has 270 valence electrons. The Bertz CT molecular complexity index is 1930. The predicted octanol–water partition coefficient (Wildman–Crippen LogP) is 6.55. The van der Waals surface area contributed by atoms with Gasteiger partial charge in [0.15, 0.2) is 0 Å². The molecule has 0 aliphatic heterocycles. The van der Waals surface area contributed by atoms with Crippen LogP contribution in [0.2, 0.25) is 10.0 Å². The van der Waals surface area contributed by atoms with Crippen LogP contribution in [0.3, 0.4) is 0 Å². The lowest BCUT2D eigenvalue weighted by Crippen LogP contribution is -2.54. The summed E-state index contributed by atoms with van der Waals surface area (Å²) in [7, 11) is -4.24. The van der Waals surface area contributed by atoms with Gasteiger partial charge in [-0.1, -0.05) is 53.5 Å². The quantitative estimate of drug-likeness (QED) is 0.0887. The number of hydrogen-bond donors (Lipinski definition) is 4. The Kier molecular flexibility index (Phi) is 14.0. The zero-order valence-electron chi connectivity index (χ0n) is 27.0. The second-order valence-electron chi connectivity index (χ2n) is 11.4. The van der Waals surface area contributed by atoms with Gasteiger partial charge < -0.3 is 20.5 Å². The summed E-state index contributed by atoms with van der Waals surface area (Å²) in [5.41, 5.74) is 1.23. The van der Waals surface area contributed by atoms with E-state index in [9.17, 15) is 30.8 Å². The summed E-state index contributed by atoms with van der Waals surface area (Å²) < 4.78 is 80.0. The number of rotatable bonds is 13. The summed E-state index contributed by atoms with van der Waals surface area (Å²) >= 11 is 13.0. The van der Waals surface area contributed by atoms with Gasteiger partial charge in [0.1, 0.15) is 34.1 Å². The molecule has 0 spiro atoms. The Hall–Kier alpha value is -4.02. The Labute approximate surface area is 296 Å². The van der Waals surface area contributed by atoms with Crippen LogP contribution < -0.4 is 20.1 Å². The van der Waals surface area contributed by atoms with E-state index in [2.05, 4.69) is 20.3 Å². The molecule has 0 atom stereocenters. The van der Waals surface area contributed by atoms with E-state index in [1.165, 1.54) is 38.1 Å². The normalized spacial score (nSPS) is 11.9.